The summed E-state index contributed by atoms with van der Waals surface area (Å²) >= 11 is 0. The smallest absolute Gasteiger partial charge is 0.339 e. The molecule has 0 aromatic heterocycles. The van der Waals surface area contributed by atoms with Crippen LogP contribution in [0.1, 0.15) is 54.1 Å². The first kappa shape index (κ1) is 25.1. The molecule has 0 bridgehead atoms. The highest BCUT2D eigenvalue weighted by atomic mass is 17.2. The first-order chi connectivity index (χ1) is 16.4. The molecule has 0 aliphatic heterocycles. The average molecular weight is 466 g/mol. The van der Waals surface area contributed by atoms with E-state index >= 15 is 0 Å². The van der Waals surface area contributed by atoms with E-state index < -0.39 is 11.9 Å². The van der Waals surface area contributed by atoms with Gasteiger partial charge in [-0.25, -0.2) is 24.3 Å². The molecule has 0 unspecified atom stereocenters. The number of ether oxygens (including phenoxy) is 1. The van der Waals surface area contributed by atoms with E-state index in [-0.39, 0.29) is 37.6 Å². The molecule has 0 radical (unpaired) electrons. The van der Waals surface area contributed by atoms with Gasteiger partial charge < -0.3 is 9.84 Å². The largest absolute Gasteiger partial charge is 0.478 e. The maximum absolute atomic E-state index is 12.4. The molecule has 0 fully saturated rings. The lowest BCUT2D eigenvalue weighted by Crippen LogP contribution is -2.12. The van der Waals surface area contributed by atoms with E-state index in [0.717, 1.165) is 33.4 Å². The summed E-state index contributed by atoms with van der Waals surface area (Å²) in [6, 6.07) is 17.5. The second-order valence-electron chi connectivity index (χ2n) is 7.82. The zero-order chi connectivity index (χ0) is 24.5. The van der Waals surface area contributed by atoms with Crippen molar-refractivity contribution in [2.45, 2.75) is 40.3 Å². The van der Waals surface area contributed by atoms with Crippen molar-refractivity contribution in [2.24, 2.45) is 0 Å². The zero-order valence-corrected chi connectivity index (χ0v) is 18.9. The number of aromatic carboxylic acids is 1. The molecule has 2 N–H and O–H groups in total. The van der Waals surface area contributed by atoms with Crippen LogP contribution in [0.4, 0.5) is 0 Å². The number of aryl methyl sites for hydroxylation is 2. The predicted octanol–water partition coefficient (Wildman–Crippen LogP) is 5.00. The summed E-state index contributed by atoms with van der Waals surface area (Å²) in [7, 11) is 0. The highest BCUT2D eigenvalue weighted by molar-refractivity contribution is 6.02. The average Bonchev–Trinajstić information content (AvgIpc) is 2.82. The van der Waals surface area contributed by atoms with Gasteiger partial charge >= 0.3 is 11.9 Å². The lowest BCUT2D eigenvalue weighted by molar-refractivity contribution is -0.313. The molecule has 0 atom stereocenters. The van der Waals surface area contributed by atoms with Gasteiger partial charge in [-0.2, -0.15) is 0 Å². The molecule has 0 heterocycles. The van der Waals surface area contributed by atoms with Crippen molar-refractivity contribution >= 4 is 11.9 Å². The van der Waals surface area contributed by atoms with Crippen LogP contribution in [0.3, 0.4) is 0 Å². The Morgan fingerprint density at radius 1 is 0.706 bits per heavy atom. The third kappa shape index (κ3) is 6.97. The van der Waals surface area contributed by atoms with Crippen LogP contribution in [0.5, 0.6) is 0 Å². The molecule has 0 aliphatic rings. The molecule has 3 aromatic carbocycles. The molecule has 0 aliphatic carbocycles. The highest BCUT2D eigenvalue weighted by Gasteiger charge is 2.18. The Bertz CT molecular complexity index is 1140. The van der Waals surface area contributed by atoms with Crippen LogP contribution < -0.4 is 0 Å². The molecule has 0 saturated heterocycles. The van der Waals surface area contributed by atoms with E-state index in [1.54, 1.807) is 25.1 Å². The van der Waals surface area contributed by atoms with E-state index in [0.29, 0.717) is 0 Å². The Balaban J connectivity index is 1.48. The van der Waals surface area contributed by atoms with Crippen molar-refractivity contribution in [1.82, 2.24) is 0 Å². The van der Waals surface area contributed by atoms with Crippen molar-refractivity contribution in [2.75, 3.05) is 0 Å². The summed E-state index contributed by atoms with van der Waals surface area (Å²) in [6.07, 6.45) is 0. The van der Waals surface area contributed by atoms with Crippen LogP contribution in [0.15, 0.2) is 60.7 Å². The number of carbonyl (C=O) groups excluding carboxylic acids is 1. The highest BCUT2D eigenvalue weighted by Crippen LogP contribution is 2.16. The van der Waals surface area contributed by atoms with Gasteiger partial charge in [0.05, 0.1) is 11.1 Å². The summed E-state index contributed by atoms with van der Waals surface area (Å²) in [4.78, 5) is 38.6. The summed E-state index contributed by atoms with van der Waals surface area (Å²) in [5.74, 6) is -1.87. The van der Waals surface area contributed by atoms with Crippen LogP contribution in [-0.2, 0) is 45.8 Å². The van der Waals surface area contributed by atoms with Gasteiger partial charge in [0.2, 0.25) is 0 Å². The molecular formula is C26H26O8. The van der Waals surface area contributed by atoms with Gasteiger partial charge in [0.1, 0.15) is 26.4 Å². The van der Waals surface area contributed by atoms with E-state index in [4.69, 9.17) is 19.8 Å². The molecule has 0 spiro atoms. The summed E-state index contributed by atoms with van der Waals surface area (Å²) in [5, 5.41) is 18.0. The van der Waals surface area contributed by atoms with E-state index in [1.165, 1.54) is 12.1 Å². The Morgan fingerprint density at radius 3 is 2.00 bits per heavy atom. The van der Waals surface area contributed by atoms with E-state index in [1.807, 2.05) is 37.3 Å². The van der Waals surface area contributed by atoms with Crippen LogP contribution in [0, 0.1) is 13.8 Å². The number of hydrogen-bond acceptors (Lipinski definition) is 7. The number of benzene rings is 3. The molecule has 178 valence electrons. The molecule has 3 aromatic rings. The van der Waals surface area contributed by atoms with Gasteiger partial charge in [0.25, 0.3) is 0 Å². The quantitative estimate of drug-likeness (QED) is 0.176. The summed E-state index contributed by atoms with van der Waals surface area (Å²) in [6.45, 7) is 4.18. The third-order valence-corrected chi connectivity index (χ3v) is 5.12. The fraction of sp³-hybridized carbons (Fsp3) is 0.231. The first-order valence-corrected chi connectivity index (χ1v) is 10.6. The van der Waals surface area contributed by atoms with Crippen molar-refractivity contribution in [1.29, 1.82) is 0 Å². The first-order valence-electron chi connectivity index (χ1n) is 10.6. The van der Waals surface area contributed by atoms with Gasteiger partial charge in [-0.15, -0.1) is 0 Å². The zero-order valence-electron chi connectivity index (χ0n) is 18.9. The van der Waals surface area contributed by atoms with E-state index in [2.05, 4.69) is 4.89 Å². The standard InChI is InChI=1S/C26H26O8/c1-17-3-9-21(22(11-17)15-32-30)16-34-33-14-20-7-5-19(6-8-20)13-31-26(29)23-10-4-18(2)12-24(23)25(27)28/h3-12,30H,13-16H2,1-2H3,(H,27,28). The van der Waals surface area contributed by atoms with Gasteiger partial charge in [0.15, 0.2) is 0 Å². The lowest BCUT2D eigenvalue weighted by Gasteiger charge is -2.10. The molecule has 34 heavy (non-hydrogen) atoms. The maximum Gasteiger partial charge on any atom is 0.339 e. The minimum Gasteiger partial charge on any atom is -0.478 e. The fourth-order valence-electron chi connectivity index (χ4n) is 3.29. The van der Waals surface area contributed by atoms with Gasteiger partial charge in [-0.3, -0.25) is 5.26 Å². The van der Waals surface area contributed by atoms with Crippen molar-refractivity contribution in [3.8, 4) is 0 Å². The SMILES string of the molecule is Cc1ccc(COOCc2ccc(COC(=O)c3ccc(C)cc3C(=O)O)cc2)c(COO)c1. The topological polar surface area (TPSA) is 112 Å². The minimum atomic E-state index is -1.18. The summed E-state index contributed by atoms with van der Waals surface area (Å²) in [5.41, 5.74) is 4.97. The third-order valence-electron chi connectivity index (χ3n) is 5.12. The Kier molecular flexibility index (Phi) is 8.89. The van der Waals surface area contributed by atoms with Crippen LogP contribution >= 0.6 is 0 Å². The van der Waals surface area contributed by atoms with Crippen LogP contribution in [-0.4, -0.2) is 22.3 Å². The van der Waals surface area contributed by atoms with Gasteiger partial charge in [-0.1, -0.05) is 59.7 Å². The Labute approximate surface area is 197 Å². The summed E-state index contributed by atoms with van der Waals surface area (Å²) < 4.78 is 5.29. The van der Waals surface area contributed by atoms with E-state index in [9.17, 15) is 14.7 Å². The number of carboxylic acid groups (broad SMARTS) is 1. The second kappa shape index (κ2) is 12.1. The number of esters is 1. The number of carboxylic acids is 1. The normalized spacial score (nSPS) is 10.8. The second-order valence-corrected chi connectivity index (χ2v) is 7.82. The van der Waals surface area contributed by atoms with Gasteiger partial charge in [-0.05, 0) is 48.2 Å². The van der Waals surface area contributed by atoms with Crippen molar-refractivity contribution < 1.29 is 39.4 Å². The van der Waals surface area contributed by atoms with Crippen LogP contribution in [0.2, 0.25) is 0 Å². The monoisotopic (exact) mass is 466 g/mol. The van der Waals surface area contributed by atoms with Crippen LogP contribution in [0.25, 0.3) is 0 Å². The molecule has 0 amide bonds. The predicted molar refractivity (Wildman–Crippen MR) is 122 cm³/mol. The number of carbonyl (C=O) groups is 2. The fourth-order valence-corrected chi connectivity index (χ4v) is 3.29. The van der Waals surface area contributed by atoms with Crippen molar-refractivity contribution in [3.05, 3.63) is 105 Å². The molecule has 8 nitrogen and oxygen atoms in total. The Hall–Kier alpha value is -3.56. The minimum absolute atomic E-state index is 0.00648. The Morgan fingerprint density at radius 2 is 1.32 bits per heavy atom. The molecule has 3 rings (SSSR count). The molecule has 0 saturated carbocycles. The molecular weight excluding hydrogens is 440 g/mol. The number of rotatable bonds is 11. The maximum atomic E-state index is 12.4. The lowest BCUT2D eigenvalue weighted by atomic mass is 10.0. The van der Waals surface area contributed by atoms with Gasteiger partial charge in [0, 0.05) is 0 Å². The number of hydrogen-bond donors (Lipinski definition) is 2. The van der Waals surface area contributed by atoms with Crippen molar-refractivity contribution in [3.63, 3.8) is 0 Å². The molecule has 8 heteroatoms.